The summed E-state index contributed by atoms with van der Waals surface area (Å²) in [5, 5.41) is 3.26. The van der Waals surface area contributed by atoms with E-state index in [0.717, 1.165) is 35.7 Å². The largest absolute Gasteiger partial charge is 0.355 e. The van der Waals surface area contributed by atoms with Crippen LogP contribution in [0.25, 0.3) is 10.2 Å². The van der Waals surface area contributed by atoms with Gasteiger partial charge < -0.3 is 4.90 Å². The molecule has 1 aliphatic heterocycles. The average molecular weight is 326 g/mol. The second kappa shape index (κ2) is 5.13. The highest BCUT2D eigenvalue weighted by Crippen LogP contribution is 2.33. The van der Waals surface area contributed by atoms with Crippen molar-refractivity contribution >= 4 is 43.3 Å². The minimum Gasteiger partial charge on any atom is -0.355 e. The minimum absolute atomic E-state index is 0.741. The Kier molecular flexibility index (Phi) is 3.52. The fourth-order valence-electron chi connectivity index (χ4n) is 2.57. The lowest BCUT2D eigenvalue weighted by molar-refractivity contribution is 0.453. The first-order valence-corrected chi connectivity index (χ1v) is 8.29. The van der Waals surface area contributed by atoms with Gasteiger partial charge in [0.1, 0.15) is 12.1 Å². The van der Waals surface area contributed by atoms with Gasteiger partial charge in [-0.3, -0.25) is 0 Å². The molecule has 0 aromatic carbocycles. The number of rotatable bonds is 2. The van der Waals surface area contributed by atoms with Crippen molar-refractivity contribution in [2.24, 2.45) is 5.92 Å². The summed E-state index contributed by atoms with van der Waals surface area (Å²) in [6.07, 6.45) is 4.28. The molecule has 0 N–H and O–H groups in total. The maximum atomic E-state index is 4.52. The van der Waals surface area contributed by atoms with Gasteiger partial charge in [-0.2, -0.15) is 0 Å². The third-order valence-electron chi connectivity index (χ3n) is 3.55. The van der Waals surface area contributed by atoms with E-state index in [0.29, 0.717) is 0 Å². The molecule has 0 radical (unpaired) electrons. The molecule has 1 aliphatic rings. The molecule has 1 saturated heterocycles. The lowest BCUT2D eigenvalue weighted by Crippen LogP contribution is -2.36. The van der Waals surface area contributed by atoms with Crippen LogP contribution >= 0.6 is 27.3 Å². The van der Waals surface area contributed by atoms with Gasteiger partial charge >= 0.3 is 0 Å². The van der Waals surface area contributed by atoms with Gasteiger partial charge in [0.15, 0.2) is 0 Å². The maximum absolute atomic E-state index is 4.52. The van der Waals surface area contributed by atoms with Crippen LogP contribution in [-0.4, -0.2) is 28.4 Å². The highest BCUT2D eigenvalue weighted by atomic mass is 79.9. The molecular formula is C13H16BrN3S. The van der Waals surface area contributed by atoms with Crippen LogP contribution in [0.2, 0.25) is 0 Å². The molecule has 0 bridgehead atoms. The van der Waals surface area contributed by atoms with Crippen LogP contribution < -0.4 is 4.90 Å². The number of fused-ring (bicyclic) bond motifs is 1. The Hall–Kier alpha value is -0.680. The Bertz CT molecular complexity index is 554. The van der Waals surface area contributed by atoms with Crippen molar-refractivity contribution in [2.45, 2.75) is 19.8 Å². The molecule has 0 saturated carbocycles. The van der Waals surface area contributed by atoms with Crippen molar-refractivity contribution in [1.29, 1.82) is 0 Å². The maximum Gasteiger partial charge on any atom is 0.150 e. The number of piperidine rings is 1. The number of anilines is 1. The molecule has 0 amide bonds. The normalized spacial score (nSPS) is 20.6. The number of thiophene rings is 1. The van der Waals surface area contributed by atoms with Gasteiger partial charge in [-0.1, -0.05) is 15.9 Å². The Morgan fingerprint density at radius 2 is 2.39 bits per heavy atom. The predicted molar refractivity (Wildman–Crippen MR) is 80.9 cm³/mol. The van der Waals surface area contributed by atoms with E-state index in [1.54, 1.807) is 17.7 Å². The van der Waals surface area contributed by atoms with E-state index in [4.69, 9.17) is 0 Å². The molecule has 96 valence electrons. The third kappa shape index (κ3) is 2.14. The summed E-state index contributed by atoms with van der Waals surface area (Å²) in [6.45, 7) is 4.34. The van der Waals surface area contributed by atoms with E-state index in [1.807, 2.05) is 0 Å². The average Bonchev–Trinajstić information content (AvgIpc) is 2.81. The number of aromatic nitrogens is 2. The van der Waals surface area contributed by atoms with Crippen molar-refractivity contribution in [3.05, 3.63) is 17.3 Å². The van der Waals surface area contributed by atoms with Crippen molar-refractivity contribution in [1.82, 2.24) is 9.97 Å². The van der Waals surface area contributed by atoms with Gasteiger partial charge in [0.2, 0.25) is 0 Å². The predicted octanol–water partition coefficient (Wildman–Crippen LogP) is 3.61. The van der Waals surface area contributed by atoms with Crippen LogP contribution in [0.15, 0.2) is 11.7 Å². The molecule has 3 rings (SSSR count). The van der Waals surface area contributed by atoms with E-state index < -0.39 is 0 Å². The molecule has 0 aliphatic carbocycles. The SMILES string of the molecule is Cc1csc2c(N3CCCC(CBr)C3)ncnc12. The molecule has 2 aromatic heterocycles. The zero-order valence-corrected chi connectivity index (χ0v) is 12.8. The molecule has 3 heterocycles. The summed E-state index contributed by atoms with van der Waals surface area (Å²) in [4.78, 5) is 11.3. The van der Waals surface area contributed by atoms with Gasteiger partial charge in [-0.05, 0) is 36.6 Å². The van der Waals surface area contributed by atoms with E-state index in [-0.39, 0.29) is 0 Å². The summed E-state index contributed by atoms with van der Waals surface area (Å²) in [5.41, 5.74) is 2.37. The Labute approximate surface area is 119 Å². The van der Waals surface area contributed by atoms with Crippen LogP contribution in [0, 0.1) is 12.8 Å². The van der Waals surface area contributed by atoms with Gasteiger partial charge in [-0.25, -0.2) is 9.97 Å². The highest BCUT2D eigenvalue weighted by molar-refractivity contribution is 9.09. The lowest BCUT2D eigenvalue weighted by atomic mass is 10.0. The number of halogens is 1. The summed E-state index contributed by atoms with van der Waals surface area (Å²) in [7, 11) is 0. The molecule has 1 atom stereocenters. The van der Waals surface area contributed by atoms with Gasteiger partial charge in [0, 0.05) is 18.4 Å². The first-order chi connectivity index (χ1) is 8.79. The molecule has 1 unspecified atom stereocenters. The van der Waals surface area contributed by atoms with Crippen LogP contribution in [-0.2, 0) is 0 Å². The molecule has 18 heavy (non-hydrogen) atoms. The van der Waals surface area contributed by atoms with Gasteiger partial charge in [0.25, 0.3) is 0 Å². The van der Waals surface area contributed by atoms with E-state index in [2.05, 4.69) is 43.1 Å². The van der Waals surface area contributed by atoms with Crippen LogP contribution in [0.5, 0.6) is 0 Å². The minimum atomic E-state index is 0.741. The van der Waals surface area contributed by atoms with Crippen LogP contribution in [0.3, 0.4) is 0 Å². The second-order valence-corrected chi connectivity index (χ2v) is 6.43. The van der Waals surface area contributed by atoms with E-state index in [9.17, 15) is 0 Å². The molecule has 3 nitrogen and oxygen atoms in total. The second-order valence-electron chi connectivity index (χ2n) is 4.90. The summed E-state index contributed by atoms with van der Waals surface area (Å²) < 4.78 is 1.24. The number of alkyl halides is 1. The standard InChI is InChI=1S/C13H16BrN3S/c1-9-7-18-12-11(9)15-8-16-13(12)17-4-2-3-10(5-14)6-17/h7-8,10H,2-6H2,1H3. The quantitative estimate of drug-likeness (QED) is 0.790. The fraction of sp³-hybridized carbons (Fsp3) is 0.538. The fourth-order valence-corrected chi connectivity index (χ4v) is 4.11. The van der Waals surface area contributed by atoms with Crippen LogP contribution in [0.4, 0.5) is 5.82 Å². The number of nitrogens with zero attached hydrogens (tertiary/aromatic N) is 3. The summed E-state index contributed by atoms with van der Waals surface area (Å²) in [6, 6.07) is 0. The zero-order chi connectivity index (χ0) is 12.5. The lowest BCUT2D eigenvalue weighted by Gasteiger charge is -2.32. The van der Waals surface area contributed by atoms with Crippen LogP contribution in [0.1, 0.15) is 18.4 Å². The highest BCUT2D eigenvalue weighted by Gasteiger charge is 2.22. The molecule has 1 fully saturated rings. The first-order valence-electron chi connectivity index (χ1n) is 6.29. The summed E-state index contributed by atoms with van der Waals surface area (Å²) in [5.74, 6) is 1.87. The Morgan fingerprint density at radius 3 is 3.22 bits per heavy atom. The van der Waals surface area contributed by atoms with Crippen molar-refractivity contribution in [3.8, 4) is 0 Å². The first kappa shape index (κ1) is 12.4. The molecule has 0 spiro atoms. The Morgan fingerprint density at radius 1 is 1.50 bits per heavy atom. The number of aryl methyl sites for hydroxylation is 1. The third-order valence-corrected chi connectivity index (χ3v) is 5.55. The molecular weight excluding hydrogens is 310 g/mol. The molecule has 2 aromatic rings. The van der Waals surface area contributed by atoms with Gasteiger partial charge in [0.05, 0.1) is 10.2 Å². The molecule has 5 heteroatoms. The van der Waals surface area contributed by atoms with E-state index >= 15 is 0 Å². The topological polar surface area (TPSA) is 29.0 Å². The van der Waals surface area contributed by atoms with Crippen molar-refractivity contribution in [3.63, 3.8) is 0 Å². The number of hydrogen-bond donors (Lipinski definition) is 0. The van der Waals surface area contributed by atoms with Gasteiger partial charge in [-0.15, -0.1) is 11.3 Å². The number of hydrogen-bond acceptors (Lipinski definition) is 4. The van der Waals surface area contributed by atoms with Crippen molar-refractivity contribution in [2.75, 3.05) is 23.3 Å². The zero-order valence-electron chi connectivity index (χ0n) is 10.4. The summed E-state index contributed by atoms with van der Waals surface area (Å²) >= 11 is 5.37. The monoisotopic (exact) mass is 325 g/mol. The Balaban J connectivity index is 1.98. The smallest absolute Gasteiger partial charge is 0.150 e. The van der Waals surface area contributed by atoms with Crippen molar-refractivity contribution < 1.29 is 0 Å². The van der Waals surface area contributed by atoms with E-state index in [1.165, 1.54) is 23.1 Å².